The van der Waals surface area contributed by atoms with Gasteiger partial charge in [0.15, 0.2) is 0 Å². The van der Waals surface area contributed by atoms with Gasteiger partial charge in [-0.1, -0.05) is 48.2 Å². The van der Waals surface area contributed by atoms with Gasteiger partial charge in [-0.2, -0.15) is 4.98 Å². The highest BCUT2D eigenvalue weighted by Gasteiger charge is 2.26. The van der Waals surface area contributed by atoms with Crippen LogP contribution in [0.5, 0.6) is 0 Å². The lowest BCUT2D eigenvalue weighted by Gasteiger charge is -2.19. The summed E-state index contributed by atoms with van der Waals surface area (Å²) in [6.45, 7) is 0.823. The summed E-state index contributed by atoms with van der Waals surface area (Å²) >= 11 is 1.65. The van der Waals surface area contributed by atoms with Crippen molar-refractivity contribution >= 4 is 11.8 Å². The summed E-state index contributed by atoms with van der Waals surface area (Å²) in [5.41, 5.74) is 2.95. The second-order valence-electron chi connectivity index (χ2n) is 5.64. The summed E-state index contributed by atoms with van der Waals surface area (Å²) in [6, 6.07) is 10.0. The van der Waals surface area contributed by atoms with Gasteiger partial charge in [-0.25, -0.2) is 4.79 Å². The van der Waals surface area contributed by atoms with Crippen molar-refractivity contribution in [2.75, 3.05) is 0 Å². The van der Waals surface area contributed by atoms with Gasteiger partial charge < -0.3 is 0 Å². The summed E-state index contributed by atoms with van der Waals surface area (Å²) in [7, 11) is 0. The van der Waals surface area contributed by atoms with E-state index in [-0.39, 0.29) is 5.69 Å². The zero-order chi connectivity index (χ0) is 14.2. The van der Waals surface area contributed by atoms with Crippen LogP contribution in [0.15, 0.2) is 51.6 Å². The van der Waals surface area contributed by atoms with Gasteiger partial charge in [-0.05, 0) is 30.6 Å². The Morgan fingerprint density at radius 1 is 1.24 bits per heavy atom. The van der Waals surface area contributed by atoms with Crippen molar-refractivity contribution in [1.82, 2.24) is 9.55 Å². The summed E-state index contributed by atoms with van der Waals surface area (Å²) < 4.78 is 1.88. The van der Waals surface area contributed by atoms with Crippen molar-refractivity contribution in [2.24, 2.45) is 5.92 Å². The summed E-state index contributed by atoms with van der Waals surface area (Å²) in [4.78, 5) is 16.9. The molecule has 1 saturated carbocycles. The van der Waals surface area contributed by atoms with Crippen molar-refractivity contribution < 1.29 is 0 Å². The Hall–Kier alpha value is -1.81. The predicted octanol–water partition coefficient (Wildman–Crippen LogP) is 3.48. The SMILES string of the molecule is O=c1nc(-c2ccccc2)c2c(n1CC1CC1)SC=CC2. The first-order valence-electron chi connectivity index (χ1n) is 7.34. The highest BCUT2D eigenvalue weighted by atomic mass is 32.2. The van der Waals surface area contributed by atoms with Crippen molar-refractivity contribution in [1.29, 1.82) is 0 Å². The number of allylic oxidation sites excluding steroid dienone is 1. The minimum atomic E-state index is -0.109. The lowest BCUT2D eigenvalue weighted by Crippen LogP contribution is -2.28. The maximum atomic E-state index is 12.5. The molecule has 3 nitrogen and oxygen atoms in total. The first-order chi connectivity index (χ1) is 10.3. The molecule has 106 valence electrons. The topological polar surface area (TPSA) is 34.9 Å². The number of aromatic nitrogens is 2. The molecule has 0 spiro atoms. The van der Waals surface area contributed by atoms with Crippen LogP contribution in [0.4, 0.5) is 0 Å². The molecule has 1 fully saturated rings. The van der Waals surface area contributed by atoms with E-state index in [2.05, 4.69) is 16.5 Å². The highest BCUT2D eigenvalue weighted by molar-refractivity contribution is 8.02. The van der Waals surface area contributed by atoms with E-state index in [0.29, 0.717) is 5.92 Å². The lowest BCUT2D eigenvalue weighted by atomic mass is 10.0. The van der Waals surface area contributed by atoms with E-state index in [4.69, 9.17) is 0 Å². The molecule has 2 aromatic rings. The largest absolute Gasteiger partial charge is 0.349 e. The van der Waals surface area contributed by atoms with Crippen molar-refractivity contribution in [3.63, 3.8) is 0 Å². The lowest BCUT2D eigenvalue weighted by molar-refractivity contribution is 0.543. The van der Waals surface area contributed by atoms with Gasteiger partial charge in [0.2, 0.25) is 0 Å². The molecule has 0 unspecified atom stereocenters. The van der Waals surface area contributed by atoms with Crippen LogP contribution in [0.25, 0.3) is 11.3 Å². The molecule has 1 aliphatic heterocycles. The number of benzene rings is 1. The van der Waals surface area contributed by atoms with Gasteiger partial charge in [0.25, 0.3) is 0 Å². The van der Waals surface area contributed by atoms with Gasteiger partial charge in [0.05, 0.1) is 10.7 Å². The first-order valence-corrected chi connectivity index (χ1v) is 8.21. The average molecular weight is 296 g/mol. The molecular formula is C17H16N2OS. The molecule has 1 aromatic carbocycles. The standard InChI is InChI=1S/C17H16N2OS/c20-17-18-15(13-5-2-1-3-6-13)14-7-4-10-21-16(14)19(17)11-12-8-9-12/h1-6,10,12H,7-9,11H2. The molecule has 2 heterocycles. The Kier molecular flexibility index (Phi) is 3.19. The van der Waals surface area contributed by atoms with E-state index in [1.807, 2.05) is 34.9 Å². The normalized spacial score (nSPS) is 16.8. The third-order valence-corrected chi connectivity index (χ3v) is 5.03. The van der Waals surface area contributed by atoms with Crippen LogP contribution >= 0.6 is 11.8 Å². The van der Waals surface area contributed by atoms with Gasteiger partial charge in [-0.3, -0.25) is 4.57 Å². The van der Waals surface area contributed by atoms with Crippen LogP contribution in [-0.4, -0.2) is 9.55 Å². The maximum Gasteiger partial charge on any atom is 0.349 e. The second kappa shape index (κ2) is 5.19. The quantitative estimate of drug-likeness (QED) is 0.813. The van der Waals surface area contributed by atoms with E-state index >= 15 is 0 Å². The Labute approximate surface area is 127 Å². The number of thioether (sulfide) groups is 1. The van der Waals surface area contributed by atoms with Gasteiger partial charge >= 0.3 is 5.69 Å². The van der Waals surface area contributed by atoms with E-state index in [9.17, 15) is 4.79 Å². The van der Waals surface area contributed by atoms with Crippen molar-refractivity contribution in [2.45, 2.75) is 30.8 Å². The second-order valence-corrected chi connectivity index (χ2v) is 6.54. The molecule has 0 bridgehead atoms. The Balaban J connectivity index is 1.89. The molecule has 1 aliphatic carbocycles. The van der Waals surface area contributed by atoms with Crippen LogP contribution in [0.2, 0.25) is 0 Å². The summed E-state index contributed by atoms with van der Waals surface area (Å²) in [5, 5.41) is 3.17. The number of fused-ring (bicyclic) bond motifs is 1. The molecule has 4 rings (SSSR count). The zero-order valence-corrected chi connectivity index (χ0v) is 12.5. The summed E-state index contributed by atoms with van der Waals surface area (Å²) in [6.07, 6.45) is 5.47. The predicted molar refractivity (Wildman–Crippen MR) is 85.4 cm³/mol. The molecule has 1 aromatic heterocycles. The van der Waals surface area contributed by atoms with Crippen LogP contribution in [-0.2, 0) is 13.0 Å². The van der Waals surface area contributed by atoms with Gasteiger partial charge in [-0.15, -0.1) is 0 Å². The third kappa shape index (κ3) is 2.44. The fourth-order valence-electron chi connectivity index (χ4n) is 2.73. The van der Waals surface area contributed by atoms with E-state index in [1.54, 1.807) is 11.8 Å². The maximum absolute atomic E-state index is 12.5. The Morgan fingerprint density at radius 2 is 2.05 bits per heavy atom. The van der Waals surface area contributed by atoms with Crippen LogP contribution in [0.3, 0.4) is 0 Å². The number of hydrogen-bond donors (Lipinski definition) is 0. The number of hydrogen-bond acceptors (Lipinski definition) is 3. The van der Waals surface area contributed by atoms with E-state index in [1.165, 1.54) is 18.4 Å². The minimum Gasteiger partial charge on any atom is -0.286 e. The Bertz CT molecular complexity index is 760. The number of nitrogens with zero attached hydrogens (tertiary/aromatic N) is 2. The molecule has 0 amide bonds. The molecule has 0 N–H and O–H groups in total. The Morgan fingerprint density at radius 3 is 2.81 bits per heavy atom. The molecule has 0 radical (unpaired) electrons. The first kappa shape index (κ1) is 12.9. The molecule has 0 saturated heterocycles. The van der Waals surface area contributed by atoms with Crippen LogP contribution in [0.1, 0.15) is 18.4 Å². The fourth-order valence-corrected chi connectivity index (χ4v) is 3.65. The average Bonchev–Trinajstić information content (AvgIpc) is 3.35. The number of rotatable bonds is 3. The fraction of sp³-hybridized carbons (Fsp3) is 0.294. The summed E-state index contributed by atoms with van der Waals surface area (Å²) in [5.74, 6) is 0.669. The molecule has 0 atom stereocenters. The minimum absolute atomic E-state index is 0.109. The smallest absolute Gasteiger partial charge is 0.286 e. The highest BCUT2D eigenvalue weighted by Crippen LogP contribution is 2.36. The van der Waals surface area contributed by atoms with Gasteiger partial charge in [0.1, 0.15) is 0 Å². The van der Waals surface area contributed by atoms with Crippen LogP contribution < -0.4 is 5.69 Å². The van der Waals surface area contributed by atoms with Gasteiger partial charge in [0, 0.05) is 17.7 Å². The van der Waals surface area contributed by atoms with E-state index in [0.717, 1.165) is 29.2 Å². The molecule has 2 aliphatic rings. The van der Waals surface area contributed by atoms with Crippen molar-refractivity contribution in [3.05, 3.63) is 57.9 Å². The molecule has 4 heteroatoms. The zero-order valence-electron chi connectivity index (χ0n) is 11.7. The van der Waals surface area contributed by atoms with E-state index < -0.39 is 0 Å². The van der Waals surface area contributed by atoms with Crippen molar-refractivity contribution in [3.8, 4) is 11.3 Å². The molecule has 21 heavy (non-hydrogen) atoms. The molecular weight excluding hydrogens is 280 g/mol. The third-order valence-electron chi connectivity index (χ3n) is 4.01. The monoisotopic (exact) mass is 296 g/mol. The van der Waals surface area contributed by atoms with Crippen LogP contribution in [0, 0.1) is 5.92 Å².